The summed E-state index contributed by atoms with van der Waals surface area (Å²) in [6.45, 7) is 4.84. The van der Waals surface area contributed by atoms with Crippen LogP contribution in [-0.4, -0.2) is 24.4 Å². The highest BCUT2D eigenvalue weighted by atomic mass is 16.5. The summed E-state index contributed by atoms with van der Waals surface area (Å²) in [6, 6.07) is 6.01. The van der Waals surface area contributed by atoms with Gasteiger partial charge in [0.15, 0.2) is 0 Å². The van der Waals surface area contributed by atoms with Gasteiger partial charge in [-0.1, -0.05) is 6.07 Å². The Morgan fingerprint density at radius 2 is 1.87 bits per heavy atom. The predicted molar refractivity (Wildman–Crippen MR) is 61.1 cm³/mol. The Labute approximate surface area is 90.9 Å². The van der Waals surface area contributed by atoms with E-state index in [-0.39, 0.29) is 0 Å². The van der Waals surface area contributed by atoms with Crippen LogP contribution in [0.5, 0.6) is 5.75 Å². The third-order valence-electron chi connectivity index (χ3n) is 2.14. The minimum atomic E-state index is -0.476. The van der Waals surface area contributed by atoms with E-state index in [2.05, 4.69) is 6.07 Å². The normalized spacial score (nSPS) is 12.5. The molecular weight excluding hydrogens is 190 g/mol. The average molecular weight is 209 g/mol. The van der Waals surface area contributed by atoms with Crippen LogP contribution in [-0.2, 0) is 0 Å². The van der Waals surface area contributed by atoms with E-state index in [9.17, 15) is 5.11 Å². The van der Waals surface area contributed by atoms with Crippen molar-refractivity contribution < 1.29 is 9.84 Å². The lowest BCUT2D eigenvalue weighted by molar-refractivity contribution is 0.102. The quantitative estimate of drug-likeness (QED) is 0.770. The molecule has 0 aliphatic carbocycles. The third-order valence-corrected chi connectivity index (χ3v) is 2.14. The van der Waals surface area contributed by atoms with Gasteiger partial charge >= 0.3 is 0 Å². The van der Waals surface area contributed by atoms with Crippen LogP contribution < -0.4 is 10.5 Å². The van der Waals surface area contributed by atoms with Gasteiger partial charge in [-0.15, -0.1) is 0 Å². The van der Waals surface area contributed by atoms with Crippen LogP contribution in [0.15, 0.2) is 18.2 Å². The molecule has 3 heteroatoms. The Hall–Kier alpha value is -1.06. The van der Waals surface area contributed by atoms with Gasteiger partial charge in [0.25, 0.3) is 0 Å². The lowest BCUT2D eigenvalue weighted by Crippen LogP contribution is -2.21. The number of hydrogen-bond acceptors (Lipinski definition) is 3. The molecule has 0 aromatic heterocycles. The average Bonchev–Trinajstić information content (AvgIpc) is 2.14. The molecule has 0 aliphatic heterocycles. The highest BCUT2D eigenvalue weighted by Gasteiger charge is 2.04. The summed E-state index contributed by atoms with van der Waals surface area (Å²) in [5.74, 6) is 0.809. The first-order valence-electron chi connectivity index (χ1n) is 5.21. The topological polar surface area (TPSA) is 55.5 Å². The summed E-state index contributed by atoms with van der Waals surface area (Å²) >= 11 is 0. The van der Waals surface area contributed by atoms with Gasteiger partial charge < -0.3 is 15.6 Å². The van der Waals surface area contributed by atoms with Crippen molar-refractivity contribution in [3.05, 3.63) is 29.3 Å². The highest BCUT2D eigenvalue weighted by molar-refractivity contribution is 5.32. The smallest absolute Gasteiger partial charge is 0.119 e. The summed E-state index contributed by atoms with van der Waals surface area (Å²) < 4.78 is 5.48. The number of aliphatic hydroxyl groups is 1. The molecule has 1 rings (SSSR count). The van der Waals surface area contributed by atoms with Crippen molar-refractivity contribution in [3.63, 3.8) is 0 Å². The van der Waals surface area contributed by atoms with Crippen LogP contribution in [0.2, 0.25) is 0 Å². The van der Waals surface area contributed by atoms with Gasteiger partial charge in [0.05, 0.1) is 6.10 Å². The Balaban J connectivity index is 2.50. The van der Waals surface area contributed by atoms with Crippen LogP contribution in [0.3, 0.4) is 0 Å². The van der Waals surface area contributed by atoms with E-state index in [0.717, 1.165) is 5.75 Å². The fourth-order valence-electron chi connectivity index (χ4n) is 1.48. The number of rotatable bonds is 5. The second-order valence-corrected chi connectivity index (χ2v) is 3.87. The summed E-state index contributed by atoms with van der Waals surface area (Å²) in [5, 5.41) is 9.44. The van der Waals surface area contributed by atoms with Crippen LogP contribution in [0.4, 0.5) is 0 Å². The predicted octanol–water partition coefficient (Wildman–Crippen LogP) is 1.39. The Kier molecular flexibility index (Phi) is 4.59. The zero-order chi connectivity index (χ0) is 11.3. The molecule has 0 bridgehead atoms. The molecule has 3 N–H and O–H groups in total. The molecule has 0 saturated heterocycles. The minimum absolute atomic E-state index is 0.306. The standard InChI is InChI=1S/C12H19NO2/c1-9-5-10(2)7-12(6-9)15-8-11(14)3-4-13/h5-7,11,14H,3-4,8,13H2,1-2H3. The summed E-state index contributed by atoms with van der Waals surface area (Å²) in [7, 11) is 0. The number of nitrogens with two attached hydrogens (primary N) is 1. The van der Waals surface area contributed by atoms with E-state index in [0.29, 0.717) is 19.6 Å². The maximum absolute atomic E-state index is 9.44. The molecule has 0 heterocycles. The zero-order valence-corrected chi connectivity index (χ0v) is 9.36. The van der Waals surface area contributed by atoms with Crippen molar-refractivity contribution in [2.45, 2.75) is 26.4 Å². The van der Waals surface area contributed by atoms with E-state index in [4.69, 9.17) is 10.5 Å². The Morgan fingerprint density at radius 3 is 2.40 bits per heavy atom. The molecule has 0 amide bonds. The summed E-state index contributed by atoms with van der Waals surface area (Å²) in [6.07, 6.45) is 0.0981. The number of ether oxygens (including phenoxy) is 1. The molecule has 1 aromatic carbocycles. The Bertz CT molecular complexity index is 292. The number of aliphatic hydroxyl groups excluding tert-OH is 1. The van der Waals surface area contributed by atoms with Gasteiger partial charge in [0.2, 0.25) is 0 Å². The van der Waals surface area contributed by atoms with E-state index >= 15 is 0 Å². The van der Waals surface area contributed by atoms with Crippen LogP contribution in [0, 0.1) is 13.8 Å². The monoisotopic (exact) mass is 209 g/mol. The molecule has 0 saturated carbocycles. The van der Waals surface area contributed by atoms with Crippen molar-refractivity contribution in [2.24, 2.45) is 5.73 Å². The van der Waals surface area contributed by atoms with Crippen molar-refractivity contribution >= 4 is 0 Å². The fourth-order valence-corrected chi connectivity index (χ4v) is 1.48. The van der Waals surface area contributed by atoms with Crippen LogP contribution >= 0.6 is 0 Å². The van der Waals surface area contributed by atoms with Gasteiger partial charge in [-0.2, -0.15) is 0 Å². The van der Waals surface area contributed by atoms with E-state index in [1.54, 1.807) is 0 Å². The molecule has 0 radical (unpaired) electrons. The molecular formula is C12H19NO2. The molecule has 1 unspecified atom stereocenters. The molecule has 0 aliphatic rings. The zero-order valence-electron chi connectivity index (χ0n) is 9.36. The fraction of sp³-hybridized carbons (Fsp3) is 0.500. The minimum Gasteiger partial charge on any atom is -0.491 e. The largest absolute Gasteiger partial charge is 0.491 e. The van der Waals surface area contributed by atoms with Gasteiger partial charge in [0, 0.05) is 0 Å². The molecule has 15 heavy (non-hydrogen) atoms. The van der Waals surface area contributed by atoms with E-state index in [1.165, 1.54) is 11.1 Å². The third kappa shape index (κ3) is 4.32. The van der Waals surface area contributed by atoms with Crippen LogP contribution in [0.25, 0.3) is 0 Å². The highest BCUT2D eigenvalue weighted by Crippen LogP contribution is 2.16. The second-order valence-electron chi connectivity index (χ2n) is 3.87. The maximum Gasteiger partial charge on any atom is 0.119 e. The molecule has 1 atom stereocenters. The van der Waals surface area contributed by atoms with E-state index in [1.807, 2.05) is 26.0 Å². The number of benzene rings is 1. The summed E-state index contributed by atoms with van der Waals surface area (Å²) in [5.41, 5.74) is 7.66. The van der Waals surface area contributed by atoms with Gasteiger partial charge in [-0.3, -0.25) is 0 Å². The first-order chi connectivity index (χ1) is 7.11. The molecule has 0 spiro atoms. The lowest BCUT2D eigenvalue weighted by atomic mass is 10.1. The van der Waals surface area contributed by atoms with Crippen molar-refractivity contribution in [1.82, 2.24) is 0 Å². The number of hydrogen-bond donors (Lipinski definition) is 2. The summed E-state index contributed by atoms with van der Waals surface area (Å²) in [4.78, 5) is 0. The van der Waals surface area contributed by atoms with Crippen molar-refractivity contribution in [2.75, 3.05) is 13.2 Å². The first kappa shape index (κ1) is 12.0. The number of aryl methyl sites for hydroxylation is 2. The van der Waals surface area contributed by atoms with Gasteiger partial charge in [-0.25, -0.2) is 0 Å². The SMILES string of the molecule is Cc1cc(C)cc(OCC(O)CCN)c1. The van der Waals surface area contributed by atoms with Gasteiger partial charge in [0.1, 0.15) is 12.4 Å². The molecule has 0 fully saturated rings. The molecule has 84 valence electrons. The van der Waals surface area contributed by atoms with Gasteiger partial charge in [-0.05, 0) is 50.1 Å². The Morgan fingerprint density at radius 1 is 1.27 bits per heavy atom. The first-order valence-corrected chi connectivity index (χ1v) is 5.21. The molecule has 1 aromatic rings. The van der Waals surface area contributed by atoms with Crippen LogP contribution in [0.1, 0.15) is 17.5 Å². The second kappa shape index (κ2) is 5.73. The molecule has 3 nitrogen and oxygen atoms in total. The van der Waals surface area contributed by atoms with Crippen molar-refractivity contribution in [1.29, 1.82) is 0 Å². The van der Waals surface area contributed by atoms with Crippen molar-refractivity contribution in [3.8, 4) is 5.75 Å². The lowest BCUT2D eigenvalue weighted by Gasteiger charge is -2.12. The van der Waals surface area contributed by atoms with E-state index < -0.39 is 6.10 Å². The maximum atomic E-state index is 9.44.